The lowest BCUT2D eigenvalue weighted by molar-refractivity contribution is -0.137. The fraction of sp³-hybridized carbons (Fsp3) is 0.364. The molecule has 2 aliphatic heterocycles. The molecule has 0 spiro atoms. The number of amides is 1. The minimum atomic E-state index is -0.862. The van der Waals surface area contributed by atoms with Gasteiger partial charge in [0, 0.05) is 25.2 Å². The number of ether oxygens (including phenoxy) is 1. The Bertz CT molecular complexity index is 862. The molecule has 1 N–H and O–H groups in total. The Hall–Kier alpha value is -3.02. The fourth-order valence-electron chi connectivity index (χ4n) is 3.94. The van der Waals surface area contributed by atoms with E-state index in [4.69, 9.17) is 4.74 Å². The van der Waals surface area contributed by atoms with E-state index in [0.717, 1.165) is 37.2 Å². The second-order valence-corrected chi connectivity index (χ2v) is 7.36. The van der Waals surface area contributed by atoms with E-state index in [-0.39, 0.29) is 18.4 Å². The highest BCUT2D eigenvalue weighted by Gasteiger charge is 2.31. The second-order valence-electron chi connectivity index (χ2n) is 7.36. The highest BCUT2D eigenvalue weighted by Crippen LogP contribution is 2.37. The summed E-state index contributed by atoms with van der Waals surface area (Å²) in [5.41, 5.74) is 2.49. The number of carboxylic acids is 1. The van der Waals surface area contributed by atoms with Gasteiger partial charge in [0.25, 0.3) is 5.91 Å². The predicted molar refractivity (Wildman–Crippen MR) is 106 cm³/mol. The fourth-order valence-corrected chi connectivity index (χ4v) is 3.94. The number of nitrogens with zero attached hydrogens (tertiary/aromatic N) is 2. The third kappa shape index (κ3) is 3.81. The zero-order valence-corrected chi connectivity index (χ0v) is 15.7. The third-order valence-corrected chi connectivity index (χ3v) is 5.39. The molecule has 6 heteroatoms. The Kier molecular flexibility index (Phi) is 5.19. The molecule has 28 heavy (non-hydrogen) atoms. The van der Waals surface area contributed by atoms with Gasteiger partial charge in [0.15, 0.2) is 0 Å². The van der Waals surface area contributed by atoms with Crippen molar-refractivity contribution in [3.63, 3.8) is 0 Å². The van der Waals surface area contributed by atoms with Crippen molar-refractivity contribution in [1.29, 1.82) is 0 Å². The number of hydrogen-bond donors (Lipinski definition) is 1. The van der Waals surface area contributed by atoms with Crippen LogP contribution in [0.25, 0.3) is 0 Å². The zero-order chi connectivity index (χ0) is 19.5. The molecule has 0 radical (unpaired) electrons. The molecule has 4 rings (SSSR count). The van der Waals surface area contributed by atoms with Crippen molar-refractivity contribution in [1.82, 2.24) is 4.90 Å². The molecule has 2 aromatic rings. The summed E-state index contributed by atoms with van der Waals surface area (Å²) in [5, 5.41) is 9.34. The van der Waals surface area contributed by atoms with Crippen LogP contribution in [-0.2, 0) is 11.3 Å². The highest BCUT2D eigenvalue weighted by molar-refractivity contribution is 5.96. The molecule has 1 unspecified atom stereocenters. The second kappa shape index (κ2) is 7.92. The van der Waals surface area contributed by atoms with Crippen molar-refractivity contribution in [2.45, 2.75) is 31.8 Å². The summed E-state index contributed by atoms with van der Waals surface area (Å²) in [6, 6.07) is 15.1. The van der Waals surface area contributed by atoms with E-state index in [1.165, 1.54) is 0 Å². The largest absolute Gasteiger partial charge is 0.489 e. The maximum atomic E-state index is 12.8. The number of anilines is 1. The molecule has 0 saturated carbocycles. The lowest BCUT2D eigenvalue weighted by atomic mass is 10.0. The number of fused-ring (bicyclic) bond motifs is 1. The Labute approximate surface area is 164 Å². The van der Waals surface area contributed by atoms with Crippen LogP contribution in [0.1, 0.15) is 35.2 Å². The molecule has 2 aliphatic rings. The van der Waals surface area contributed by atoms with Gasteiger partial charge >= 0.3 is 5.97 Å². The van der Waals surface area contributed by atoms with Gasteiger partial charge in [0.2, 0.25) is 0 Å². The third-order valence-electron chi connectivity index (χ3n) is 5.39. The van der Waals surface area contributed by atoms with Crippen LogP contribution in [0, 0.1) is 0 Å². The summed E-state index contributed by atoms with van der Waals surface area (Å²) in [5.74, 6) is -0.143. The quantitative estimate of drug-likeness (QED) is 0.863. The van der Waals surface area contributed by atoms with Crippen molar-refractivity contribution >= 4 is 17.6 Å². The van der Waals surface area contributed by atoms with Crippen LogP contribution < -0.4 is 9.64 Å². The summed E-state index contributed by atoms with van der Waals surface area (Å²) in [7, 11) is 0. The number of carbonyl (C=O) groups is 2. The lowest BCUT2D eigenvalue weighted by Gasteiger charge is -2.38. The average Bonchev–Trinajstić information content (AvgIpc) is 3.24. The van der Waals surface area contributed by atoms with Crippen LogP contribution >= 0.6 is 0 Å². The number of carbonyl (C=O) groups excluding carboxylic acids is 1. The maximum absolute atomic E-state index is 12.8. The average molecular weight is 380 g/mol. The first-order valence-corrected chi connectivity index (χ1v) is 9.70. The van der Waals surface area contributed by atoms with E-state index in [9.17, 15) is 14.7 Å². The number of likely N-dealkylation sites (tertiary alicyclic amines) is 1. The van der Waals surface area contributed by atoms with E-state index >= 15 is 0 Å². The first-order chi connectivity index (χ1) is 13.6. The smallest absolute Gasteiger partial charge is 0.305 e. The molecule has 0 aromatic heterocycles. The van der Waals surface area contributed by atoms with Gasteiger partial charge in [-0.2, -0.15) is 0 Å². The van der Waals surface area contributed by atoms with E-state index in [1.807, 2.05) is 47.4 Å². The Morgan fingerprint density at radius 2 is 1.82 bits per heavy atom. The molecule has 1 amide bonds. The van der Waals surface area contributed by atoms with Crippen molar-refractivity contribution in [2.75, 3.05) is 24.6 Å². The van der Waals surface area contributed by atoms with Crippen molar-refractivity contribution in [2.24, 2.45) is 0 Å². The maximum Gasteiger partial charge on any atom is 0.305 e. The molecule has 2 aromatic carbocycles. The number of aliphatic carboxylic acids is 1. The number of carboxylic acid groups (broad SMARTS) is 1. The van der Waals surface area contributed by atoms with Crippen molar-refractivity contribution in [3.8, 4) is 5.75 Å². The zero-order valence-electron chi connectivity index (χ0n) is 15.7. The number of hydrogen-bond acceptors (Lipinski definition) is 4. The molecule has 1 fully saturated rings. The van der Waals surface area contributed by atoms with Crippen LogP contribution in [-0.4, -0.2) is 47.6 Å². The first kappa shape index (κ1) is 18.3. The molecular formula is C22H24N2O4. The summed E-state index contributed by atoms with van der Waals surface area (Å²) in [4.78, 5) is 28.1. The summed E-state index contributed by atoms with van der Waals surface area (Å²) in [6.45, 7) is 2.46. The first-order valence-electron chi connectivity index (χ1n) is 9.70. The van der Waals surface area contributed by atoms with E-state index in [2.05, 4.69) is 4.90 Å². The molecule has 1 saturated heterocycles. The van der Waals surface area contributed by atoms with Gasteiger partial charge in [-0.25, -0.2) is 0 Å². The summed E-state index contributed by atoms with van der Waals surface area (Å²) >= 11 is 0. The Morgan fingerprint density at radius 3 is 2.54 bits per heavy atom. The molecule has 2 heterocycles. The molecule has 1 atom stereocenters. The topological polar surface area (TPSA) is 70.1 Å². The molecule has 0 bridgehead atoms. The van der Waals surface area contributed by atoms with Gasteiger partial charge in [-0.15, -0.1) is 0 Å². The molecular weight excluding hydrogens is 356 g/mol. The van der Waals surface area contributed by atoms with Gasteiger partial charge in [0.1, 0.15) is 12.4 Å². The van der Waals surface area contributed by atoms with Gasteiger partial charge in [-0.05, 0) is 36.6 Å². The number of benzene rings is 2. The highest BCUT2D eigenvalue weighted by atomic mass is 16.5. The monoisotopic (exact) mass is 380 g/mol. The lowest BCUT2D eigenvalue weighted by Crippen LogP contribution is -2.44. The van der Waals surface area contributed by atoms with Crippen molar-refractivity contribution in [3.05, 3.63) is 59.7 Å². The van der Waals surface area contributed by atoms with Gasteiger partial charge < -0.3 is 19.6 Å². The molecule has 0 aliphatic carbocycles. The Balaban J connectivity index is 1.67. The standard InChI is InChI=1S/C22H24N2O4/c25-21(26)13-18-15-28-20-9-8-17(22(27)23-10-4-5-11-23)12-19(20)24(18)14-16-6-2-1-3-7-16/h1-3,6-9,12,18H,4-5,10-11,13-15H2,(H,25,26). The van der Waals surface area contributed by atoms with E-state index < -0.39 is 5.97 Å². The summed E-state index contributed by atoms with van der Waals surface area (Å²) < 4.78 is 5.84. The van der Waals surface area contributed by atoms with Crippen LogP contribution in [0.3, 0.4) is 0 Å². The number of rotatable bonds is 5. The van der Waals surface area contributed by atoms with Crippen LogP contribution in [0.15, 0.2) is 48.5 Å². The van der Waals surface area contributed by atoms with Gasteiger partial charge in [-0.1, -0.05) is 30.3 Å². The Morgan fingerprint density at radius 1 is 1.07 bits per heavy atom. The normalized spacial score (nSPS) is 18.5. The van der Waals surface area contributed by atoms with E-state index in [1.54, 1.807) is 6.07 Å². The van der Waals surface area contributed by atoms with Gasteiger partial charge in [-0.3, -0.25) is 9.59 Å². The molecule has 146 valence electrons. The molecule has 6 nitrogen and oxygen atoms in total. The predicted octanol–water partition coefficient (Wildman–Crippen LogP) is 3.16. The SMILES string of the molecule is O=C(O)CC1COc2ccc(C(=O)N3CCCC3)cc2N1Cc1ccccc1. The van der Waals surface area contributed by atoms with Crippen LogP contribution in [0.2, 0.25) is 0 Å². The van der Waals surface area contributed by atoms with Gasteiger partial charge in [0.05, 0.1) is 18.2 Å². The minimum absolute atomic E-state index is 0.0173. The van der Waals surface area contributed by atoms with Crippen molar-refractivity contribution < 1.29 is 19.4 Å². The van der Waals surface area contributed by atoms with Crippen LogP contribution in [0.4, 0.5) is 5.69 Å². The minimum Gasteiger partial charge on any atom is -0.489 e. The summed E-state index contributed by atoms with van der Waals surface area (Å²) in [6.07, 6.45) is 2.07. The van der Waals surface area contributed by atoms with E-state index in [0.29, 0.717) is 24.5 Å². The van der Waals surface area contributed by atoms with Crippen LogP contribution in [0.5, 0.6) is 5.75 Å².